The maximum Gasteiger partial charge on any atom is 0.387 e. The summed E-state index contributed by atoms with van der Waals surface area (Å²) in [6, 6.07) is 20.1. The fourth-order valence-corrected chi connectivity index (χ4v) is 7.10. The number of carbonyl (C=O) groups excluding carboxylic acids is 1. The van der Waals surface area contributed by atoms with E-state index in [1.807, 2.05) is 25.1 Å². The van der Waals surface area contributed by atoms with Gasteiger partial charge in [-0.25, -0.2) is 22.8 Å². The molecule has 4 aromatic carbocycles. The van der Waals surface area contributed by atoms with Crippen LogP contribution in [0.25, 0.3) is 0 Å². The highest BCUT2D eigenvalue weighted by Gasteiger charge is 2.44. The number of hydrogen-bond acceptors (Lipinski definition) is 8. The second kappa shape index (κ2) is 15.7. The summed E-state index contributed by atoms with van der Waals surface area (Å²) in [4.78, 5) is 20.8. The van der Waals surface area contributed by atoms with Crippen molar-refractivity contribution in [1.82, 2.24) is 14.8 Å². The van der Waals surface area contributed by atoms with Gasteiger partial charge in [0.1, 0.15) is 41.3 Å². The predicted octanol–water partition coefficient (Wildman–Crippen LogP) is 7.20. The Bertz CT molecular complexity index is 2080. The van der Waals surface area contributed by atoms with Crippen LogP contribution in [-0.2, 0) is 16.9 Å². The number of ether oxygens (including phenoxy) is 3. The van der Waals surface area contributed by atoms with Crippen LogP contribution >= 0.6 is 0 Å². The lowest BCUT2D eigenvalue weighted by atomic mass is 9.87. The molecule has 0 saturated carbocycles. The van der Waals surface area contributed by atoms with Crippen molar-refractivity contribution in [3.05, 3.63) is 126 Å². The third-order valence-corrected chi connectivity index (χ3v) is 9.69. The average molecular weight is 749 g/mol. The maximum absolute atomic E-state index is 15.8. The molecule has 2 fully saturated rings. The minimum Gasteiger partial charge on any atom is -0.493 e. The van der Waals surface area contributed by atoms with Gasteiger partial charge >= 0.3 is 6.61 Å². The van der Waals surface area contributed by atoms with Crippen molar-refractivity contribution in [1.29, 1.82) is 0 Å². The summed E-state index contributed by atoms with van der Waals surface area (Å²) in [5, 5.41) is 6.89. The molecule has 2 atom stereocenters. The number of benzene rings is 4. The average Bonchev–Trinajstić information content (AvgIpc) is 3.83. The Labute approximate surface area is 308 Å². The summed E-state index contributed by atoms with van der Waals surface area (Å²) in [6.45, 7) is 1.08. The van der Waals surface area contributed by atoms with Crippen molar-refractivity contribution in [2.75, 3.05) is 54.5 Å². The Morgan fingerprint density at radius 2 is 1.72 bits per heavy atom. The molecule has 2 aliphatic rings. The molecule has 3 heterocycles. The molecule has 5 aromatic rings. The Kier molecular flexibility index (Phi) is 10.7. The van der Waals surface area contributed by atoms with E-state index in [1.165, 1.54) is 30.9 Å². The number of aromatic nitrogens is 3. The van der Waals surface area contributed by atoms with E-state index in [1.54, 1.807) is 39.9 Å². The van der Waals surface area contributed by atoms with E-state index in [-0.39, 0.29) is 29.4 Å². The van der Waals surface area contributed by atoms with E-state index in [4.69, 9.17) is 9.47 Å². The van der Waals surface area contributed by atoms with E-state index >= 15 is 8.78 Å². The molecule has 0 spiro atoms. The summed E-state index contributed by atoms with van der Waals surface area (Å²) in [5.74, 6) is -2.88. The topological polar surface area (TPSA) is 94.0 Å². The zero-order valence-electron chi connectivity index (χ0n) is 29.2. The number of anilines is 3. The first kappa shape index (κ1) is 36.6. The lowest BCUT2D eigenvalue weighted by Gasteiger charge is -2.38. The van der Waals surface area contributed by atoms with Crippen molar-refractivity contribution in [2.45, 2.75) is 32.1 Å². The number of nitrogens with zero attached hydrogens (tertiary/aromatic N) is 5. The number of aryl methyl sites for hydroxylation is 1. The minimum atomic E-state index is -3.22. The van der Waals surface area contributed by atoms with Crippen molar-refractivity contribution in [3.63, 3.8) is 0 Å². The molecule has 2 saturated heterocycles. The van der Waals surface area contributed by atoms with Gasteiger partial charge in [-0.15, -0.1) is 0 Å². The van der Waals surface area contributed by atoms with Crippen LogP contribution in [0.5, 0.6) is 11.5 Å². The summed E-state index contributed by atoms with van der Waals surface area (Å²) in [7, 11) is 0. The minimum absolute atomic E-state index is 0.0274. The molecule has 0 bridgehead atoms. The van der Waals surface area contributed by atoms with Crippen molar-refractivity contribution >= 4 is 23.0 Å². The standard InChI is InChI=1S/C39H37F5N6O4/c1-25-17-29(8-11-33(25)52-20-26-19-39(53-21-26,22-50-24-45-23-46-50)30-9-7-28(40)18-31(30)41)48-13-15-49(16-14-48)36-32(10-12-34(35(36)42)54-38(43)44)47-37(51)27-5-3-2-4-6-27/h2-12,17-18,23-24,26,38H,13-16,19-22H2,1H3,(H,47,51)/t26-,39+/m1/s1. The number of rotatable bonds is 12. The SMILES string of the molecule is Cc1cc(N2CCN(c3c(NC(=O)c4ccccc4)ccc(OC(F)F)c3F)CC2)ccc1OC[C@@H]1CO[C@@](Cn2cncn2)(c2ccc(F)cc2F)C1. The third kappa shape index (κ3) is 7.95. The molecule has 1 aromatic heterocycles. The Balaban J connectivity index is 1.00. The molecular weight excluding hydrogens is 711 g/mol. The highest BCUT2D eigenvalue weighted by Crippen LogP contribution is 2.42. The van der Waals surface area contributed by atoms with Gasteiger partial charge in [-0.1, -0.05) is 24.3 Å². The fraction of sp³-hybridized carbons (Fsp3) is 0.308. The van der Waals surface area contributed by atoms with Crippen LogP contribution in [0.4, 0.5) is 39.0 Å². The zero-order chi connectivity index (χ0) is 37.8. The first-order valence-electron chi connectivity index (χ1n) is 17.4. The van der Waals surface area contributed by atoms with E-state index in [9.17, 15) is 18.0 Å². The van der Waals surface area contributed by atoms with Gasteiger partial charge in [0.05, 0.1) is 25.4 Å². The smallest absolute Gasteiger partial charge is 0.387 e. The Morgan fingerprint density at radius 3 is 2.43 bits per heavy atom. The molecule has 1 N–H and O–H groups in total. The van der Waals surface area contributed by atoms with Gasteiger partial charge in [0.15, 0.2) is 11.6 Å². The molecule has 2 aliphatic heterocycles. The number of alkyl halides is 2. The van der Waals surface area contributed by atoms with Crippen LogP contribution in [0.15, 0.2) is 91.5 Å². The lowest BCUT2D eigenvalue weighted by Crippen LogP contribution is -2.47. The quantitative estimate of drug-likeness (QED) is 0.134. The summed E-state index contributed by atoms with van der Waals surface area (Å²) < 4.78 is 89.2. The molecule has 0 unspecified atom stereocenters. The van der Waals surface area contributed by atoms with E-state index in [0.29, 0.717) is 57.1 Å². The summed E-state index contributed by atoms with van der Waals surface area (Å²) in [6.07, 6.45) is 3.31. The van der Waals surface area contributed by atoms with Gasteiger partial charge in [-0.05, 0) is 67.4 Å². The third-order valence-electron chi connectivity index (χ3n) is 9.69. The summed E-state index contributed by atoms with van der Waals surface area (Å²) >= 11 is 0. The first-order valence-corrected chi connectivity index (χ1v) is 17.4. The number of carbonyl (C=O) groups is 1. The summed E-state index contributed by atoms with van der Waals surface area (Å²) in [5.41, 5.74) is 1.41. The molecule has 0 aliphatic carbocycles. The van der Waals surface area contributed by atoms with Gasteiger partial charge in [-0.2, -0.15) is 13.9 Å². The second-order valence-corrected chi connectivity index (χ2v) is 13.3. The van der Waals surface area contributed by atoms with Gasteiger partial charge in [-0.3, -0.25) is 4.79 Å². The van der Waals surface area contributed by atoms with Crippen molar-refractivity contribution in [3.8, 4) is 11.5 Å². The number of halogens is 5. The highest BCUT2D eigenvalue weighted by molar-refractivity contribution is 6.06. The molecule has 7 rings (SSSR count). The fourth-order valence-electron chi connectivity index (χ4n) is 7.10. The molecule has 0 radical (unpaired) electrons. The van der Waals surface area contributed by atoms with Crippen LogP contribution in [-0.4, -0.2) is 66.7 Å². The zero-order valence-corrected chi connectivity index (χ0v) is 29.2. The van der Waals surface area contributed by atoms with Crippen LogP contribution in [0.1, 0.15) is 27.9 Å². The van der Waals surface area contributed by atoms with Crippen LogP contribution in [0.3, 0.4) is 0 Å². The Morgan fingerprint density at radius 1 is 0.963 bits per heavy atom. The van der Waals surface area contributed by atoms with Gasteiger partial charge in [0.2, 0.25) is 0 Å². The predicted molar refractivity (Wildman–Crippen MR) is 191 cm³/mol. The highest BCUT2D eigenvalue weighted by atomic mass is 19.3. The van der Waals surface area contributed by atoms with Gasteiger partial charge < -0.3 is 29.3 Å². The number of hydrogen-bond donors (Lipinski definition) is 1. The lowest BCUT2D eigenvalue weighted by molar-refractivity contribution is -0.0521. The number of amides is 1. The van der Waals surface area contributed by atoms with Crippen LogP contribution < -0.4 is 24.6 Å². The molecule has 1 amide bonds. The number of nitrogens with one attached hydrogen (secondary N) is 1. The molecule has 15 heteroatoms. The Hall–Kier alpha value is -5.70. The van der Waals surface area contributed by atoms with E-state index < -0.39 is 41.3 Å². The largest absolute Gasteiger partial charge is 0.493 e. The first-order chi connectivity index (χ1) is 26.1. The number of piperazine rings is 1. The van der Waals surface area contributed by atoms with Crippen molar-refractivity contribution in [2.24, 2.45) is 5.92 Å². The van der Waals surface area contributed by atoms with Gasteiger partial charge in [0, 0.05) is 55.0 Å². The van der Waals surface area contributed by atoms with Crippen LogP contribution in [0.2, 0.25) is 0 Å². The van der Waals surface area contributed by atoms with E-state index in [2.05, 4.69) is 25.0 Å². The maximum atomic E-state index is 15.8. The van der Waals surface area contributed by atoms with E-state index in [0.717, 1.165) is 23.4 Å². The second-order valence-electron chi connectivity index (χ2n) is 13.3. The van der Waals surface area contributed by atoms with Crippen LogP contribution in [0, 0.1) is 30.3 Å². The van der Waals surface area contributed by atoms with Crippen molar-refractivity contribution < 1.29 is 41.0 Å². The van der Waals surface area contributed by atoms with Gasteiger partial charge in [0.25, 0.3) is 5.91 Å². The molecular formula is C39H37F5N6O4. The molecule has 10 nitrogen and oxygen atoms in total. The normalized spacial score (nSPS) is 18.6. The molecule has 282 valence electrons. The monoisotopic (exact) mass is 748 g/mol. The molecule has 54 heavy (non-hydrogen) atoms.